The monoisotopic (exact) mass is 274 g/mol. The summed E-state index contributed by atoms with van der Waals surface area (Å²) >= 11 is 0. The number of carbonyl (C=O) groups is 1. The average Bonchev–Trinajstić information content (AvgIpc) is 2.64. The van der Waals surface area contributed by atoms with Crippen molar-refractivity contribution in [2.75, 3.05) is 23.7 Å². The van der Waals surface area contributed by atoms with E-state index in [9.17, 15) is 4.79 Å². The van der Waals surface area contributed by atoms with Crippen molar-refractivity contribution < 1.29 is 4.79 Å². The van der Waals surface area contributed by atoms with E-state index in [0.717, 1.165) is 30.6 Å². The van der Waals surface area contributed by atoms with Crippen molar-refractivity contribution in [3.8, 4) is 0 Å². The van der Waals surface area contributed by atoms with E-state index in [1.807, 2.05) is 18.2 Å². The topological polar surface area (TPSA) is 46.3 Å². The number of benzene rings is 1. The van der Waals surface area contributed by atoms with Crippen molar-refractivity contribution in [2.45, 2.75) is 40.0 Å². The van der Waals surface area contributed by atoms with E-state index >= 15 is 0 Å². The highest BCUT2D eigenvalue weighted by Gasteiger charge is 2.20. The minimum atomic E-state index is 0.0410. The lowest BCUT2D eigenvalue weighted by Gasteiger charge is -2.24. The normalized spacial score (nSPS) is 20.0. The molecule has 1 atom stereocenters. The number of nitrogens with two attached hydrogens (primary N) is 1. The summed E-state index contributed by atoms with van der Waals surface area (Å²) in [5.74, 6) is 1.62. The van der Waals surface area contributed by atoms with Crippen molar-refractivity contribution in [1.82, 2.24) is 0 Å². The van der Waals surface area contributed by atoms with E-state index in [1.54, 1.807) is 6.92 Å². The summed E-state index contributed by atoms with van der Waals surface area (Å²) in [6, 6.07) is 5.85. The third-order valence-electron chi connectivity index (χ3n) is 4.50. The van der Waals surface area contributed by atoms with Crippen LogP contribution in [0.5, 0.6) is 0 Å². The van der Waals surface area contributed by atoms with Crippen LogP contribution in [0.2, 0.25) is 0 Å². The van der Waals surface area contributed by atoms with Crippen molar-refractivity contribution in [1.29, 1.82) is 0 Å². The van der Waals surface area contributed by atoms with Gasteiger partial charge in [0.05, 0.1) is 0 Å². The quantitative estimate of drug-likeness (QED) is 0.674. The molecular formula is C17H26N2O. The Morgan fingerprint density at radius 2 is 2.05 bits per heavy atom. The first-order valence-corrected chi connectivity index (χ1v) is 7.64. The molecule has 20 heavy (non-hydrogen) atoms. The Morgan fingerprint density at radius 3 is 2.70 bits per heavy atom. The van der Waals surface area contributed by atoms with Crippen LogP contribution in [0, 0.1) is 11.8 Å². The van der Waals surface area contributed by atoms with Crippen LogP contribution in [0.4, 0.5) is 11.4 Å². The Kier molecular flexibility index (Phi) is 4.69. The number of anilines is 2. The van der Waals surface area contributed by atoms with Gasteiger partial charge in [0.15, 0.2) is 5.78 Å². The second-order valence-electron chi connectivity index (χ2n) is 6.25. The predicted molar refractivity (Wildman–Crippen MR) is 85.3 cm³/mol. The van der Waals surface area contributed by atoms with Gasteiger partial charge in [0.2, 0.25) is 0 Å². The lowest BCUT2D eigenvalue weighted by Crippen LogP contribution is -2.24. The molecule has 1 heterocycles. The van der Waals surface area contributed by atoms with Gasteiger partial charge in [-0.1, -0.05) is 13.8 Å². The third kappa shape index (κ3) is 3.33. The van der Waals surface area contributed by atoms with Crippen LogP contribution in [-0.4, -0.2) is 18.9 Å². The van der Waals surface area contributed by atoms with E-state index in [-0.39, 0.29) is 5.78 Å². The lowest BCUT2D eigenvalue weighted by atomic mass is 9.89. The minimum absolute atomic E-state index is 0.0410. The molecule has 3 heteroatoms. The van der Waals surface area contributed by atoms with E-state index in [4.69, 9.17) is 5.73 Å². The summed E-state index contributed by atoms with van der Waals surface area (Å²) < 4.78 is 0. The smallest absolute Gasteiger partial charge is 0.161 e. The largest absolute Gasteiger partial charge is 0.398 e. The van der Waals surface area contributed by atoms with Crippen LogP contribution in [0.25, 0.3) is 0 Å². The molecule has 0 radical (unpaired) electrons. The molecule has 110 valence electrons. The molecule has 0 aromatic heterocycles. The van der Waals surface area contributed by atoms with Crippen LogP contribution in [0.1, 0.15) is 50.4 Å². The van der Waals surface area contributed by atoms with Crippen LogP contribution >= 0.6 is 0 Å². The first-order valence-electron chi connectivity index (χ1n) is 7.64. The van der Waals surface area contributed by atoms with Gasteiger partial charge in [-0.25, -0.2) is 0 Å². The SMILES string of the molecule is CC(=O)c1cc(N2CCCC(C(C)C)CC2)ccc1N. The molecule has 1 saturated heterocycles. The standard InChI is InChI=1S/C17H26N2O/c1-12(2)14-5-4-9-19(10-8-14)15-6-7-17(18)16(11-15)13(3)20/h6-7,11-12,14H,4-5,8-10,18H2,1-3H3. The minimum Gasteiger partial charge on any atom is -0.398 e. The molecule has 3 nitrogen and oxygen atoms in total. The molecule has 1 aliphatic heterocycles. The maximum atomic E-state index is 11.6. The third-order valence-corrected chi connectivity index (χ3v) is 4.50. The average molecular weight is 274 g/mol. The van der Waals surface area contributed by atoms with Crippen LogP contribution < -0.4 is 10.6 Å². The molecule has 1 fully saturated rings. The first-order chi connectivity index (χ1) is 9.49. The van der Waals surface area contributed by atoms with Gasteiger partial charge >= 0.3 is 0 Å². The van der Waals surface area contributed by atoms with Crippen molar-refractivity contribution >= 4 is 17.2 Å². The molecule has 1 aromatic rings. The van der Waals surface area contributed by atoms with Gasteiger partial charge in [0.25, 0.3) is 0 Å². The Bertz CT molecular complexity index is 482. The van der Waals surface area contributed by atoms with Crippen LogP contribution in [0.3, 0.4) is 0 Å². The molecule has 0 bridgehead atoms. The van der Waals surface area contributed by atoms with Crippen molar-refractivity contribution in [3.05, 3.63) is 23.8 Å². The van der Waals surface area contributed by atoms with E-state index in [1.165, 1.54) is 19.3 Å². The zero-order chi connectivity index (χ0) is 14.7. The fourth-order valence-electron chi connectivity index (χ4n) is 3.09. The van der Waals surface area contributed by atoms with Crippen molar-refractivity contribution in [3.63, 3.8) is 0 Å². The molecule has 2 N–H and O–H groups in total. The summed E-state index contributed by atoms with van der Waals surface area (Å²) in [4.78, 5) is 14.0. The highest BCUT2D eigenvalue weighted by atomic mass is 16.1. The number of Topliss-reactive ketones (excluding diaryl/α,β-unsaturated/α-hetero) is 1. The van der Waals surface area contributed by atoms with E-state index in [2.05, 4.69) is 18.7 Å². The Balaban J connectivity index is 2.15. The van der Waals surface area contributed by atoms with Gasteiger partial charge in [0.1, 0.15) is 0 Å². The number of hydrogen-bond donors (Lipinski definition) is 1. The maximum Gasteiger partial charge on any atom is 0.161 e. The lowest BCUT2D eigenvalue weighted by molar-refractivity contribution is 0.101. The van der Waals surface area contributed by atoms with Gasteiger partial charge in [-0.15, -0.1) is 0 Å². The molecule has 0 aliphatic carbocycles. The number of nitrogen functional groups attached to an aromatic ring is 1. The van der Waals surface area contributed by atoms with Gasteiger partial charge in [-0.2, -0.15) is 0 Å². The van der Waals surface area contributed by atoms with Gasteiger partial charge < -0.3 is 10.6 Å². The predicted octanol–water partition coefficient (Wildman–Crippen LogP) is 3.73. The molecule has 1 aliphatic rings. The molecular weight excluding hydrogens is 248 g/mol. The summed E-state index contributed by atoms with van der Waals surface area (Å²) in [7, 11) is 0. The molecule has 0 spiro atoms. The highest BCUT2D eigenvalue weighted by molar-refractivity contribution is 6.00. The van der Waals surface area contributed by atoms with Gasteiger partial charge in [-0.3, -0.25) is 4.79 Å². The van der Waals surface area contributed by atoms with Crippen LogP contribution in [0.15, 0.2) is 18.2 Å². The van der Waals surface area contributed by atoms with Gasteiger partial charge in [-0.05, 0) is 56.2 Å². The second-order valence-corrected chi connectivity index (χ2v) is 6.25. The molecule has 0 saturated carbocycles. The number of hydrogen-bond acceptors (Lipinski definition) is 3. The molecule has 0 amide bonds. The van der Waals surface area contributed by atoms with E-state index in [0.29, 0.717) is 11.3 Å². The summed E-state index contributed by atoms with van der Waals surface area (Å²) in [5.41, 5.74) is 8.23. The van der Waals surface area contributed by atoms with Crippen molar-refractivity contribution in [2.24, 2.45) is 11.8 Å². The Morgan fingerprint density at radius 1 is 1.30 bits per heavy atom. The summed E-state index contributed by atoms with van der Waals surface area (Å²) in [6.45, 7) is 8.36. The zero-order valence-electron chi connectivity index (χ0n) is 12.9. The highest BCUT2D eigenvalue weighted by Crippen LogP contribution is 2.28. The van der Waals surface area contributed by atoms with Gasteiger partial charge in [0, 0.05) is 30.0 Å². The number of nitrogens with zero attached hydrogens (tertiary/aromatic N) is 1. The molecule has 1 unspecified atom stereocenters. The molecule has 1 aromatic carbocycles. The Hall–Kier alpha value is -1.51. The van der Waals surface area contributed by atoms with E-state index < -0.39 is 0 Å². The fraction of sp³-hybridized carbons (Fsp3) is 0.588. The summed E-state index contributed by atoms with van der Waals surface area (Å²) in [6.07, 6.45) is 3.77. The fourth-order valence-corrected chi connectivity index (χ4v) is 3.09. The first kappa shape index (κ1) is 14.9. The van der Waals surface area contributed by atoms with Crippen LogP contribution in [-0.2, 0) is 0 Å². The number of carbonyl (C=O) groups excluding carboxylic acids is 1. The summed E-state index contributed by atoms with van der Waals surface area (Å²) in [5, 5.41) is 0. The maximum absolute atomic E-state index is 11.6. The zero-order valence-corrected chi connectivity index (χ0v) is 12.9. The molecule has 2 rings (SSSR count). The Labute approximate surface area is 122 Å². The number of rotatable bonds is 3. The second kappa shape index (κ2) is 6.29. The number of ketones is 1.